The highest BCUT2D eigenvalue weighted by molar-refractivity contribution is 5.95. The molecule has 2 amide bonds. The third-order valence-corrected chi connectivity index (χ3v) is 5.26. The molecule has 1 fully saturated rings. The van der Waals surface area contributed by atoms with Crippen LogP contribution in [-0.2, 0) is 0 Å². The van der Waals surface area contributed by atoms with E-state index in [-0.39, 0.29) is 28.9 Å². The summed E-state index contributed by atoms with van der Waals surface area (Å²) in [7, 11) is 3.19. The van der Waals surface area contributed by atoms with E-state index in [0.29, 0.717) is 11.4 Å². The number of hydrogen-bond donors (Lipinski definition) is 1. The van der Waals surface area contributed by atoms with Crippen LogP contribution in [0.5, 0.6) is 5.75 Å². The molecule has 4 rings (SSSR count). The number of hydrogen-bond acceptors (Lipinski definition) is 7. The van der Waals surface area contributed by atoms with E-state index in [1.54, 1.807) is 27.1 Å². The second-order valence-electron chi connectivity index (χ2n) is 8.30. The molecule has 10 nitrogen and oxygen atoms in total. The Morgan fingerprint density at radius 1 is 1.14 bits per heavy atom. The number of benzene rings is 1. The quantitative estimate of drug-likeness (QED) is 0.543. The van der Waals surface area contributed by atoms with E-state index in [0.717, 1.165) is 18.9 Å². The zero-order chi connectivity index (χ0) is 25.3. The molecule has 2 aromatic heterocycles. The van der Waals surface area contributed by atoms with Gasteiger partial charge in [0.25, 0.3) is 11.8 Å². The normalized spacial score (nSPS) is 14.3. The van der Waals surface area contributed by atoms with Crippen LogP contribution in [0.15, 0.2) is 36.9 Å². The highest BCUT2D eigenvalue weighted by atomic mass is 19.4. The lowest BCUT2D eigenvalue weighted by Crippen LogP contribution is -2.29. The van der Waals surface area contributed by atoms with Crippen molar-refractivity contribution in [2.75, 3.05) is 14.1 Å². The van der Waals surface area contributed by atoms with E-state index in [9.17, 15) is 22.8 Å². The van der Waals surface area contributed by atoms with Crippen LogP contribution < -0.4 is 10.1 Å². The lowest BCUT2D eigenvalue weighted by Gasteiger charge is -2.16. The van der Waals surface area contributed by atoms with Crippen LogP contribution >= 0.6 is 0 Å². The van der Waals surface area contributed by atoms with Crippen molar-refractivity contribution in [1.29, 1.82) is 0 Å². The van der Waals surface area contributed by atoms with Crippen LogP contribution in [0.4, 0.5) is 13.2 Å². The zero-order valence-electron chi connectivity index (χ0n) is 19.1. The van der Waals surface area contributed by atoms with Crippen molar-refractivity contribution in [3.8, 4) is 11.6 Å². The maximum Gasteiger partial charge on any atom is 0.573 e. The second-order valence-corrected chi connectivity index (χ2v) is 8.30. The number of carbonyl (C=O) groups is 2. The highest BCUT2D eigenvalue weighted by Gasteiger charge is 2.33. The number of halogens is 3. The van der Waals surface area contributed by atoms with E-state index in [1.807, 2.05) is 0 Å². The van der Waals surface area contributed by atoms with E-state index in [1.165, 1.54) is 34.4 Å². The number of amides is 2. The van der Waals surface area contributed by atoms with Gasteiger partial charge in [-0.3, -0.25) is 9.59 Å². The number of carbonyl (C=O) groups excluding carboxylic acids is 2. The van der Waals surface area contributed by atoms with Gasteiger partial charge in [-0.15, -0.1) is 13.2 Å². The Bertz CT molecular complexity index is 1240. The molecule has 3 aromatic rings. The Morgan fingerprint density at radius 3 is 2.49 bits per heavy atom. The molecule has 1 aliphatic carbocycles. The molecule has 0 aliphatic heterocycles. The summed E-state index contributed by atoms with van der Waals surface area (Å²) < 4.78 is 43.7. The van der Waals surface area contributed by atoms with Crippen molar-refractivity contribution >= 4 is 11.8 Å². The van der Waals surface area contributed by atoms with Crippen LogP contribution in [0.2, 0.25) is 0 Å². The molecule has 1 saturated carbocycles. The molecular weight excluding hydrogens is 467 g/mol. The summed E-state index contributed by atoms with van der Waals surface area (Å²) in [5, 5.41) is 6.83. The molecule has 0 unspecified atom stereocenters. The minimum Gasteiger partial charge on any atom is -0.406 e. The first-order valence-corrected chi connectivity index (χ1v) is 10.7. The minimum absolute atomic E-state index is 0.0397. The number of rotatable bonds is 7. The average Bonchev–Trinajstić information content (AvgIpc) is 3.53. The van der Waals surface area contributed by atoms with Crippen LogP contribution in [0.1, 0.15) is 64.0 Å². The second kappa shape index (κ2) is 9.31. The van der Waals surface area contributed by atoms with E-state index >= 15 is 0 Å². The van der Waals surface area contributed by atoms with Gasteiger partial charge in [0, 0.05) is 19.7 Å². The monoisotopic (exact) mass is 489 g/mol. The molecule has 35 heavy (non-hydrogen) atoms. The van der Waals surface area contributed by atoms with Crippen molar-refractivity contribution in [2.45, 2.75) is 38.1 Å². The Labute approximate surface area is 198 Å². The van der Waals surface area contributed by atoms with Gasteiger partial charge in [0.15, 0.2) is 11.6 Å². The first-order chi connectivity index (χ1) is 16.5. The molecule has 0 radical (unpaired) electrons. The Hall–Kier alpha value is -4.03. The van der Waals surface area contributed by atoms with Gasteiger partial charge in [0.05, 0.1) is 18.4 Å². The van der Waals surface area contributed by atoms with Gasteiger partial charge >= 0.3 is 6.36 Å². The Kier molecular flexibility index (Phi) is 6.41. The van der Waals surface area contributed by atoms with Gasteiger partial charge < -0.3 is 15.0 Å². The SMILES string of the molecule is C[C@H](NC(=O)c1cc(OC(F)(F)F)cc(C2CC2)c1)c1ncnn1-c1cnc(C(=O)N(C)C)cn1. The predicted octanol–water partition coefficient (Wildman–Crippen LogP) is 3.03. The first-order valence-electron chi connectivity index (χ1n) is 10.7. The number of aromatic nitrogens is 5. The van der Waals surface area contributed by atoms with Gasteiger partial charge in [-0.1, -0.05) is 0 Å². The van der Waals surface area contributed by atoms with Crippen molar-refractivity contribution in [1.82, 2.24) is 34.9 Å². The van der Waals surface area contributed by atoms with Gasteiger partial charge in [-0.05, 0) is 49.4 Å². The smallest absolute Gasteiger partial charge is 0.406 e. The van der Waals surface area contributed by atoms with Crippen LogP contribution in [0.25, 0.3) is 5.82 Å². The zero-order valence-corrected chi connectivity index (χ0v) is 19.1. The highest BCUT2D eigenvalue weighted by Crippen LogP contribution is 2.42. The minimum atomic E-state index is -4.87. The third kappa shape index (κ3) is 5.73. The number of nitrogens with one attached hydrogen (secondary N) is 1. The van der Waals surface area contributed by atoms with Crippen molar-refractivity contribution in [3.63, 3.8) is 0 Å². The van der Waals surface area contributed by atoms with Crippen LogP contribution in [-0.4, -0.2) is 61.9 Å². The molecule has 0 saturated heterocycles. The summed E-state index contributed by atoms with van der Waals surface area (Å²) in [5.41, 5.74) is 0.808. The van der Waals surface area contributed by atoms with Gasteiger partial charge in [0.1, 0.15) is 17.8 Å². The summed E-state index contributed by atoms with van der Waals surface area (Å²) >= 11 is 0. The number of alkyl halides is 3. The molecule has 13 heteroatoms. The molecule has 0 bridgehead atoms. The third-order valence-electron chi connectivity index (χ3n) is 5.26. The summed E-state index contributed by atoms with van der Waals surface area (Å²) in [6.07, 6.45) is 0.738. The molecule has 2 heterocycles. The summed E-state index contributed by atoms with van der Waals surface area (Å²) in [4.78, 5) is 38.8. The van der Waals surface area contributed by atoms with Crippen LogP contribution in [0, 0.1) is 0 Å². The molecule has 1 N–H and O–H groups in total. The van der Waals surface area contributed by atoms with E-state index in [2.05, 4.69) is 30.1 Å². The molecular formula is C22H22F3N7O3. The topological polar surface area (TPSA) is 115 Å². The van der Waals surface area contributed by atoms with Gasteiger partial charge in [0.2, 0.25) is 0 Å². The van der Waals surface area contributed by atoms with E-state index in [4.69, 9.17) is 0 Å². The van der Waals surface area contributed by atoms with Crippen molar-refractivity contribution < 1.29 is 27.5 Å². The van der Waals surface area contributed by atoms with Crippen molar-refractivity contribution in [2.24, 2.45) is 0 Å². The molecule has 1 aliphatic rings. The van der Waals surface area contributed by atoms with Gasteiger partial charge in [-0.25, -0.2) is 15.0 Å². The molecule has 1 atom stereocenters. The van der Waals surface area contributed by atoms with Crippen LogP contribution in [0.3, 0.4) is 0 Å². The average molecular weight is 489 g/mol. The number of ether oxygens (including phenoxy) is 1. The summed E-state index contributed by atoms with van der Waals surface area (Å²) in [5.74, 6) is -0.661. The number of nitrogens with zero attached hydrogens (tertiary/aromatic N) is 6. The largest absolute Gasteiger partial charge is 0.573 e. The van der Waals surface area contributed by atoms with Gasteiger partial charge in [-0.2, -0.15) is 9.78 Å². The molecule has 184 valence electrons. The predicted molar refractivity (Wildman–Crippen MR) is 116 cm³/mol. The fraction of sp³-hybridized carbons (Fsp3) is 0.364. The first kappa shape index (κ1) is 24.1. The lowest BCUT2D eigenvalue weighted by atomic mass is 10.1. The van der Waals surface area contributed by atoms with Crippen molar-refractivity contribution in [3.05, 3.63) is 59.6 Å². The summed E-state index contributed by atoms with van der Waals surface area (Å²) in [6.45, 7) is 1.65. The van der Waals surface area contributed by atoms with E-state index < -0.39 is 24.1 Å². The summed E-state index contributed by atoms with van der Waals surface area (Å²) in [6, 6.07) is 3.25. The Balaban J connectivity index is 1.53. The lowest BCUT2D eigenvalue weighted by molar-refractivity contribution is -0.274. The standard InChI is InChI=1S/C22H22F3N7O3/c1-12(19-28-11-29-32(19)18-10-26-17(9-27-18)21(34)31(2)3)30-20(33)15-6-14(13-4-5-13)7-16(8-15)35-22(23,24)25/h6-13H,4-5H2,1-3H3,(H,30,33)/t12-/m0/s1. The molecule has 0 spiro atoms. The maximum absolute atomic E-state index is 12.9. The fourth-order valence-corrected chi connectivity index (χ4v) is 3.43. The fourth-order valence-electron chi connectivity index (χ4n) is 3.43. The molecule has 1 aromatic carbocycles. The maximum atomic E-state index is 12.9. The Morgan fingerprint density at radius 2 is 1.89 bits per heavy atom.